The lowest BCUT2D eigenvalue weighted by Crippen LogP contribution is -2.46. The molecule has 0 bridgehead atoms. The molecule has 2 nitrogen and oxygen atoms in total. The Bertz CT molecular complexity index is 264. The Kier molecular flexibility index (Phi) is 2.40. The van der Waals surface area contributed by atoms with E-state index in [1.807, 2.05) is 18.2 Å². The summed E-state index contributed by atoms with van der Waals surface area (Å²) in [4.78, 5) is 4.22. The van der Waals surface area contributed by atoms with Gasteiger partial charge < -0.3 is 5.32 Å². The van der Waals surface area contributed by atoms with Crippen LogP contribution in [-0.2, 0) is 0 Å². The van der Waals surface area contributed by atoms with Crippen molar-refractivity contribution in [2.75, 3.05) is 11.2 Å². The van der Waals surface area contributed by atoms with Gasteiger partial charge in [0.2, 0.25) is 0 Å². The Morgan fingerprint density at radius 2 is 2.31 bits per heavy atom. The highest BCUT2D eigenvalue weighted by atomic mass is 35.5. The fourth-order valence-corrected chi connectivity index (χ4v) is 1.94. The van der Waals surface area contributed by atoms with Gasteiger partial charge in [0, 0.05) is 12.1 Å². The highest BCUT2D eigenvalue weighted by molar-refractivity contribution is 6.18. The van der Waals surface area contributed by atoms with Crippen LogP contribution in [0.15, 0.2) is 24.4 Å². The molecule has 13 heavy (non-hydrogen) atoms. The van der Waals surface area contributed by atoms with E-state index in [-0.39, 0.29) is 5.54 Å². The molecule has 1 aliphatic carbocycles. The van der Waals surface area contributed by atoms with Crippen molar-refractivity contribution in [1.82, 2.24) is 4.98 Å². The number of hydrogen-bond acceptors (Lipinski definition) is 2. The normalized spacial score (nSPS) is 19.2. The van der Waals surface area contributed by atoms with E-state index in [4.69, 9.17) is 11.6 Å². The van der Waals surface area contributed by atoms with Crippen molar-refractivity contribution in [1.29, 1.82) is 0 Å². The molecule has 0 aromatic carbocycles. The van der Waals surface area contributed by atoms with Gasteiger partial charge in [-0.25, -0.2) is 4.98 Å². The first kappa shape index (κ1) is 8.82. The zero-order valence-corrected chi connectivity index (χ0v) is 8.22. The first-order chi connectivity index (χ1) is 6.35. The molecule has 70 valence electrons. The summed E-state index contributed by atoms with van der Waals surface area (Å²) in [5.74, 6) is 1.60. The summed E-state index contributed by atoms with van der Waals surface area (Å²) in [5, 5.41) is 3.40. The molecule has 0 aliphatic heterocycles. The van der Waals surface area contributed by atoms with E-state index in [2.05, 4.69) is 10.3 Å². The molecule has 1 heterocycles. The molecule has 2 rings (SSSR count). The van der Waals surface area contributed by atoms with Gasteiger partial charge in [-0.3, -0.25) is 0 Å². The van der Waals surface area contributed by atoms with Crippen molar-refractivity contribution >= 4 is 17.4 Å². The minimum absolute atomic E-state index is 0.121. The van der Waals surface area contributed by atoms with Gasteiger partial charge in [-0.15, -0.1) is 11.6 Å². The smallest absolute Gasteiger partial charge is 0.126 e. The van der Waals surface area contributed by atoms with Crippen LogP contribution >= 0.6 is 11.6 Å². The van der Waals surface area contributed by atoms with E-state index in [0.29, 0.717) is 5.88 Å². The van der Waals surface area contributed by atoms with Gasteiger partial charge in [0.25, 0.3) is 0 Å². The van der Waals surface area contributed by atoms with E-state index in [1.165, 1.54) is 6.42 Å². The highest BCUT2D eigenvalue weighted by Crippen LogP contribution is 2.35. The van der Waals surface area contributed by atoms with Crippen molar-refractivity contribution in [3.05, 3.63) is 24.4 Å². The average Bonchev–Trinajstić information content (AvgIpc) is 2.13. The Morgan fingerprint density at radius 3 is 2.77 bits per heavy atom. The van der Waals surface area contributed by atoms with Gasteiger partial charge in [-0.1, -0.05) is 6.07 Å². The summed E-state index contributed by atoms with van der Waals surface area (Å²) >= 11 is 5.92. The van der Waals surface area contributed by atoms with E-state index in [1.54, 1.807) is 6.20 Å². The summed E-state index contributed by atoms with van der Waals surface area (Å²) in [6, 6.07) is 5.88. The Morgan fingerprint density at radius 1 is 1.46 bits per heavy atom. The van der Waals surface area contributed by atoms with Crippen LogP contribution in [0.2, 0.25) is 0 Å². The fraction of sp³-hybridized carbons (Fsp3) is 0.500. The molecule has 1 saturated carbocycles. The number of anilines is 1. The lowest BCUT2D eigenvalue weighted by Gasteiger charge is -2.41. The standard InChI is InChI=1S/C10H13ClN2/c11-8-10(5-3-6-10)13-9-4-1-2-7-12-9/h1-2,4,7H,3,5-6,8H2,(H,12,13). The fourth-order valence-electron chi connectivity index (χ4n) is 1.60. The summed E-state index contributed by atoms with van der Waals surface area (Å²) in [6.45, 7) is 0. The summed E-state index contributed by atoms with van der Waals surface area (Å²) in [6.07, 6.45) is 5.38. The predicted molar refractivity (Wildman–Crippen MR) is 55.2 cm³/mol. The molecular formula is C10H13ClN2. The van der Waals surface area contributed by atoms with Gasteiger partial charge in [-0.05, 0) is 31.4 Å². The van der Waals surface area contributed by atoms with Crippen molar-refractivity contribution in [3.8, 4) is 0 Å². The quantitative estimate of drug-likeness (QED) is 0.752. The first-order valence-electron chi connectivity index (χ1n) is 4.60. The molecule has 1 fully saturated rings. The largest absolute Gasteiger partial charge is 0.363 e. The number of hydrogen-bond donors (Lipinski definition) is 1. The van der Waals surface area contributed by atoms with Gasteiger partial charge in [0.15, 0.2) is 0 Å². The van der Waals surface area contributed by atoms with E-state index < -0.39 is 0 Å². The molecular weight excluding hydrogens is 184 g/mol. The maximum atomic E-state index is 5.92. The van der Waals surface area contributed by atoms with E-state index >= 15 is 0 Å². The number of aromatic nitrogens is 1. The van der Waals surface area contributed by atoms with Gasteiger partial charge in [0.1, 0.15) is 5.82 Å². The third-order valence-corrected chi connectivity index (χ3v) is 3.14. The van der Waals surface area contributed by atoms with Crippen molar-refractivity contribution in [3.63, 3.8) is 0 Å². The van der Waals surface area contributed by atoms with Crippen LogP contribution in [0, 0.1) is 0 Å². The molecule has 1 aliphatic rings. The minimum Gasteiger partial charge on any atom is -0.363 e. The van der Waals surface area contributed by atoms with Crippen molar-refractivity contribution in [2.45, 2.75) is 24.8 Å². The maximum absolute atomic E-state index is 5.92. The van der Waals surface area contributed by atoms with Crippen molar-refractivity contribution in [2.24, 2.45) is 0 Å². The number of alkyl halides is 1. The van der Waals surface area contributed by atoms with E-state index in [9.17, 15) is 0 Å². The monoisotopic (exact) mass is 196 g/mol. The summed E-state index contributed by atoms with van der Waals surface area (Å²) in [7, 11) is 0. The topological polar surface area (TPSA) is 24.9 Å². The SMILES string of the molecule is ClCC1(Nc2ccccn2)CCC1. The number of pyridine rings is 1. The first-order valence-corrected chi connectivity index (χ1v) is 5.13. The third kappa shape index (κ3) is 1.78. The molecule has 0 spiro atoms. The molecule has 0 amide bonds. The van der Waals surface area contributed by atoms with Crippen LogP contribution in [0.1, 0.15) is 19.3 Å². The van der Waals surface area contributed by atoms with Crippen LogP contribution < -0.4 is 5.32 Å². The average molecular weight is 197 g/mol. The summed E-state index contributed by atoms with van der Waals surface area (Å²) in [5.41, 5.74) is 0.121. The van der Waals surface area contributed by atoms with Crippen LogP contribution in [0.5, 0.6) is 0 Å². The molecule has 0 unspecified atom stereocenters. The Labute approximate surface area is 83.3 Å². The van der Waals surface area contributed by atoms with Crippen LogP contribution in [-0.4, -0.2) is 16.4 Å². The predicted octanol–water partition coefficient (Wildman–Crippen LogP) is 2.66. The Hall–Kier alpha value is -0.760. The molecule has 1 N–H and O–H groups in total. The van der Waals surface area contributed by atoms with Crippen LogP contribution in [0.25, 0.3) is 0 Å². The number of nitrogens with one attached hydrogen (secondary N) is 1. The van der Waals surface area contributed by atoms with Gasteiger partial charge in [0.05, 0.1) is 5.54 Å². The molecule has 1 aromatic rings. The maximum Gasteiger partial charge on any atom is 0.126 e. The zero-order chi connectivity index (χ0) is 9.15. The second kappa shape index (κ2) is 3.54. The molecule has 0 atom stereocenters. The summed E-state index contributed by atoms with van der Waals surface area (Å²) < 4.78 is 0. The third-order valence-electron chi connectivity index (χ3n) is 2.62. The van der Waals surface area contributed by atoms with Crippen molar-refractivity contribution < 1.29 is 0 Å². The zero-order valence-electron chi connectivity index (χ0n) is 7.46. The van der Waals surface area contributed by atoms with E-state index in [0.717, 1.165) is 18.7 Å². The number of rotatable bonds is 3. The number of nitrogens with zero attached hydrogens (tertiary/aromatic N) is 1. The molecule has 0 radical (unpaired) electrons. The van der Waals surface area contributed by atoms with Gasteiger partial charge >= 0.3 is 0 Å². The van der Waals surface area contributed by atoms with Crippen LogP contribution in [0.3, 0.4) is 0 Å². The highest BCUT2D eigenvalue weighted by Gasteiger charge is 2.36. The number of halogens is 1. The second-order valence-corrected chi connectivity index (χ2v) is 3.87. The Balaban J connectivity index is 2.05. The second-order valence-electron chi connectivity index (χ2n) is 3.61. The van der Waals surface area contributed by atoms with Crippen LogP contribution in [0.4, 0.5) is 5.82 Å². The minimum atomic E-state index is 0.121. The molecule has 3 heteroatoms. The lowest BCUT2D eigenvalue weighted by molar-refractivity contribution is 0.310. The molecule has 0 saturated heterocycles. The van der Waals surface area contributed by atoms with Gasteiger partial charge in [-0.2, -0.15) is 0 Å². The molecule has 1 aromatic heterocycles. The lowest BCUT2D eigenvalue weighted by atomic mass is 9.78.